The lowest BCUT2D eigenvalue weighted by Gasteiger charge is -2.23. The highest BCUT2D eigenvalue weighted by atomic mass is 35.5. The molecule has 0 saturated heterocycles. The Morgan fingerprint density at radius 3 is 2.78 bits per heavy atom. The maximum Gasteiger partial charge on any atom is 0.511 e. The number of hydrogen-bond donors (Lipinski definition) is 1. The van der Waals surface area contributed by atoms with Crippen molar-refractivity contribution in [3.05, 3.63) is 52.5 Å². The number of alkyl halides is 1. The number of carbonyl (C=O) groups is 1. The number of carboxylic acid groups (broad SMARTS) is 1. The van der Waals surface area contributed by atoms with Crippen molar-refractivity contribution in [3.63, 3.8) is 0 Å². The SMILES string of the molecule is CC(C)(F)COc1ccc(Cl)cc1CN1CCc2c(OC(=O)O)cccc21. The molecule has 0 radical (unpaired) electrons. The maximum absolute atomic E-state index is 13.8. The van der Waals surface area contributed by atoms with Gasteiger partial charge in [0.15, 0.2) is 0 Å². The number of halogens is 2. The topological polar surface area (TPSA) is 59.0 Å². The summed E-state index contributed by atoms with van der Waals surface area (Å²) in [6, 6.07) is 10.6. The van der Waals surface area contributed by atoms with E-state index in [4.69, 9.17) is 26.2 Å². The zero-order chi connectivity index (χ0) is 19.6. The van der Waals surface area contributed by atoms with Gasteiger partial charge in [0, 0.05) is 34.9 Å². The van der Waals surface area contributed by atoms with E-state index in [1.807, 2.05) is 6.07 Å². The van der Waals surface area contributed by atoms with Crippen molar-refractivity contribution in [2.75, 3.05) is 18.1 Å². The van der Waals surface area contributed by atoms with Gasteiger partial charge < -0.3 is 19.5 Å². The summed E-state index contributed by atoms with van der Waals surface area (Å²) in [5.74, 6) is 0.931. The number of nitrogens with zero attached hydrogens (tertiary/aromatic N) is 1. The number of ether oxygens (including phenoxy) is 2. The summed E-state index contributed by atoms with van der Waals surface area (Å²) < 4.78 is 24.4. The van der Waals surface area contributed by atoms with E-state index >= 15 is 0 Å². The van der Waals surface area contributed by atoms with Gasteiger partial charge in [-0.05, 0) is 50.6 Å². The van der Waals surface area contributed by atoms with Crippen LogP contribution < -0.4 is 14.4 Å². The molecule has 2 aromatic rings. The smallest absolute Gasteiger partial charge is 0.490 e. The minimum atomic E-state index is -1.44. The van der Waals surface area contributed by atoms with Crippen molar-refractivity contribution < 1.29 is 23.8 Å². The number of anilines is 1. The van der Waals surface area contributed by atoms with Crippen LogP contribution in [0.15, 0.2) is 36.4 Å². The molecule has 1 aliphatic heterocycles. The monoisotopic (exact) mass is 393 g/mol. The molecule has 1 heterocycles. The van der Waals surface area contributed by atoms with Gasteiger partial charge in [0.2, 0.25) is 0 Å². The van der Waals surface area contributed by atoms with Gasteiger partial charge in [-0.25, -0.2) is 9.18 Å². The molecule has 0 saturated carbocycles. The number of benzene rings is 2. The summed E-state index contributed by atoms with van der Waals surface area (Å²) in [6.07, 6.45) is -0.659. The Labute approximate surface area is 162 Å². The van der Waals surface area contributed by atoms with Gasteiger partial charge in [-0.3, -0.25) is 0 Å². The van der Waals surface area contributed by atoms with Crippen molar-refractivity contribution >= 4 is 23.4 Å². The Hall–Kier alpha value is -2.47. The summed E-state index contributed by atoms with van der Waals surface area (Å²) in [5.41, 5.74) is 1.16. The first-order chi connectivity index (χ1) is 12.7. The van der Waals surface area contributed by atoms with E-state index in [1.165, 1.54) is 13.8 Å². The average molecular weight is 394 g/mol. The highest BCUT2D eigenvalue weighted by Crippen LogP contribution is 2.37. The van der Waals surface area contributed by atoms with Crippen molar-refractivity contribution in [2.45, 2.75) is 32.5 Å². The quantitative estimate of drug-likeness (QED) is 0.547. The summed E-state index contributed by atoms with van der Waals surface area (Å²) in [5, 5.41) is 9.46. The first kappa shape index (κ1) is 19.3. The normalized spacial score (nSPS) is 13.4. The molecular formula is C20H21ClFNO4. The first-order valence-electron chi connectivity index (χ1n) is 8.61. The van der Waals surface area contributed by atoms with E-state index in [-0.39, 0.29) is 6.61 Å². The molecule has 0 aromatic heterocycles. The van der Waals surface area contributed by atoms with Crippen LogP contribution in [0.2, 0.25) is 5.02 Å². The summed E-state index contributed by atoms with van der Waals surface area (Å²) in [6.45, 7) is 4.07. The molecule has 2 aromatic carbocycles. The Morgan fingerprint density at radius 1 is 1.30 bits per heavy atom. The van der Waals surface area contributed by atoms with Crippen molar-refractivity contribution in [3.8, 4) is 11.5 Å². The van der Waals surface area contributed by atoms with Gasteiger partial charge in [0.25, 0.3) is 0 Å². The minimum Gasteiger partial charge on any atom is -0.490 e. The zero-order valence-corrected chi connectivity index (χ0v) is 15.9. The predicted octanol–water partition coefficient (Wildman–Crippen LogP) is 5.09. The lowest BCUT2D eigenvalue weighted by molar-refractivity contribution is 0.120. The first-order valence-corrected chi connectivity index (χ1v) is 8.98. The van der Waals surface area contributed by atoms with Gasteiger partial charge in [0.1, 0.15) is 23.8 Å². The third-order valence-electron chi connectivity index (χ3n) is 4.23. The molecule has 0 atom stereocenters. The van der Waals surface area contributed by atoms with Gasteiger partial charge in [-0.15, -0.1) is 0 Å². The van der Waals surface area contributed by atoms with Gasteiger partial charge in [-0.2, -0.15) is 0 Å². The second-order valence-corrected chi connectivity index (χ2v) is 7.49. The fourth-order valence-electron chi connectivity index (χ4n) is 3.09. The van der Waals surface area contributed by atoms with E-state index in [2.05, 4.69) is 4.90 Å². The highest BCUT2D eigenvalue weighted by Gasteiger charge is 2.25. The van der Waals surface area contributed by atoms with Crippen molar-refractivity contribution in [1.29, 1.82) is 0 Å². The Bertz CT molecular complexity index is 850. The summed E-state index contributed by atoms with van der Waals surface area (Å²) in [4.78, 5) is 13.0. The Morgan fingerprint density at radius 2 is 2.07 bits per heavy atom. The number of fused-ring (bicyclic) bond motifs is 1. The molecule has 27 heavy (non-hydrogen) atoms. The Kier molecular flexibility index (Phi) is 5.46. The van der Waals surface area contributed by atoms with E-state index in [9.17, 15) is 9.18 Å². The lowest BCUT2D eigenvalue weighted by atomic mass is 10.1. The highest BCUT2D eigenvalue weighted by molar-refractivity contribution is 6.30. The molecule has 1 aliphatic rings. The second kappa shape index (κ2) is 7.64. The second-order valence-electron chi connectivity index (χ2n) is 7.05. The number of hydrogen-bond acceptors (Lipinski definition) is 4. The molecule has 0 amide bonds. The van der Waals surface area contributed by atoms with E-state index in [1.54, 1.807) is 30.3 Å². The minimum absolute atomic E-state index is 0.0607. The zero-order valence-electron chi connectivity index (χ0n) is 15.2. The molecule has 0 aliphatic carbocycles. The maximum atomic E-state index is 13.8. The van der Waals surface area contributed by atoms with Crippen LogP contribution in [0, 0.1) is 0 Å². The third kappa shape index (κ3) is 4.83. The van der Waals surface area contributed by atoms with Gasteiger partial charge in [0.05, 0.1) is 0 Å². The predicted molar refractivity (Wildman–Crippen MR) is 102 cm³/mol. The molecule has 5 nitrogen and oxygen atoms in total. The van der Waals surface area contributed by atoms with Crippen molar-refractivity contribution in [1.82, 2.24) is 0 Å². The summed E-state index contributed by atoms with van der Waals surface area (Å²) >= 11 is 6.14. The van der Waals surface area contributed by atoms with Crippen LogP contribution in [0.4, 0.5) is 14.9 Å². The van der Waals surface area contributed by atoms with Crippen LogP contribution >= 0.6 is 11.6 Å². The third-order valence-corrected chi connectivity index (χ3v) is 4.47. The van der Waals surface area contributed by atoms with Crippen LogP contribution in [0.1, 0.15) is 25.0 Å². The van der Waals surface area contributed by atoms with Crippen LogP contribution in [0.25, 0.3) is 0 Å². The molecule has 1 N–H and O–H groups in total. The fraction of sp³-hybridized carbons (Fsp3) is 0.350. The van der Waals surface area contributed by atoms with Gasteiger partial charge >= 0.3 is 6.16 Å². The standard InChI is InChI=1S/C20H21ClFNO4/c1-20(2,22)12-26-17-7-6-14(21)10-13(17)11-23-9-8-15-16(23)4-3-5-18(15)27-19(24)25/h3-7,10H,8-9,11-12H2,1-2H3,(H,24,25). The van der Waals surface area contributed by atoms with Crippen LogP contribution in [0.3, 0.4) is 0 Å². The van der Waals surface area contributed by atoms with E-state index < -0.39 is 11.8 Å². The molecular weight excluding hydrogens is 373 g/mol. The molecule has 3 rings (SSSR count). The molecule has 0 spiro atoms. The Balaban J connectivity index is 1.84. The van der Waals surface area contributed by atoms with Crippen molar-refractivity contribution in [2.24, 2.45) is 0 Å². The van der Waals surface area contributed by atoms with Crippen LogP contribution in [-0.4, -0.2) is 30.1 Å². The van der Waals surface area contributed by atoms with Crippen LogP contribution in [-0.2, 0) is 13.0 Å². The fourth-order valence-corrected chi connectivity index (χ4v) is 3.28. The largest absolute Gasteiger partial charge is 0.511 e. The van der Waals surface area contributed by atoms with Gasteiger partial charge in [-0.1, -0.05) is 17.7 Å². The molecule has 0 fully saturated rings. The number of rotatable bonds is 6. The van der Waals surface area contributed by atoms with Crippen LogP contribution in [0.5, 0.6) is 11.5 Å². The molecule has 7 heteroatoms. The molecule has 0 unspecified atom stereocenters. The van der Waals surface area contributed by atoms with E-state index in [0.717, 1.165) is 16.8 Å². The average Bonchev–Trinajstić information content (AvgIpc) is 2.97. The lowest BCUT2D eigenvalue weighted by Crippen LogP contribution is -2.24. The molecule has 0 bridgehead atoms. The van der Waals surface area contributed by atoms with E-state index in [0.29, 0.717) is 36.0 Å². The molecule has 144 valence electrons. The summed E-state index contributed by atoms with van der Waals surface area (Å²) in [7, 11) is 0.